The number of ether oxygens (including phenoxy) is 5. The zero-order valence-electron chi connectivity index (χ0n) is 25.7. The predicted molar refractivity (Wildman–Crippen MR) is 177 cm³/mol. The topological polar surface area (TPSA) is 110 Å². The number of hydrogen-bond donors (Lipinski definition) is 0. The normalized spacial score (nSPS) is 21.4. The SMILES string of the molecule is CC(=O)O[C@@H]1[C@H](OCc2ccccc2)[C@@H](OCc2ccccc2)C(S(=O)(=O)c2nc3ccccc3s2)O[C@@H]1COCc1ccccc1. The zero-order valence-corrected chi connectivity index (χ0v) is 27.3. The monoisotopic (exact) mass is 673 g/mol. The molecular weight excluding hydrogens is 639 g/mol. The number of carbonyl (C=O) groups excluding carboxylic acids is 1. The Hall–Kier alpha value is -3.97. The first-order valence-corrected chi connectivity index (χ1v) is 17.6. The molecule has 47 heavy (non-hydrogen) atoms. The fourth-order valence-corrected chi connectivity index (χ4v) is 8.45. The molecule has 5 aromatic rings. The van der Waals surface area contributed by atoms with Crippen molar-refractivity contribution in [1.82, 2.24) is 4.98 Å². The number of sulfone groups is 1. The Kier molecular flexibility index (Phi) is 10.7. The molecule has 0 radical (unpaired) electrons. The minimum atomic E-state index is -4.27. The van der Waals surface area contributed by atoms with Gasteiger partial charge < -0.3 is 23.7 Å². The van der Waals surface area contributed by atoms with Gasteiger partial charge >= 0.3 is 5.97 Å². The molecule has 0 aliphatic carbocycles. The van der Waals surface area contributed by atoms with Crippen LogP contribution in [-0.4, -0.2) is 55.8 Å². The van der Waals surface area contributed by atoms with Gasteiger partial charge in [0.2, 0.25) is 14.2 Å². The minimum Gasteiger partial charge on any atom is -0.457 e. The van der Waals surface area contributed by atoms with E-state index in [1.165, 1.54) is 6.92 Å². The van der Waals surface area contributed by atoms with Crippen molar-refractivity contribution in [3.63, 3.8) is 0 Å². The van der Waals surface area contributed by atoms with E-state index in [-0.39, 0.29) is 30.8 Å². The van der Waals surface area contributed by atoms with Gasteiger partial charge in [0, 0.05) is 6.92 Å². The van der Waals surface area contributed by atoms with Crippen molar-refractivity contribution in [2.45, 2.75) is 60.9 Å². The minimum absolute atomic E-state index is 0.0634. The highest BCUT2D eigenvalue weighted by Crippen LogP contribution is 2.37. The van der Waals surface area contributed by atoms with Crippen molar-refractivity contribution in [1.29, 1.82) is 0 Å². The van der Waals surface area contributed by atoms with Crippen LogP contribution in [0.25, 0.3) is 10.2 Å². The third kappa shape index (κ3) is 8.13. The Morgan fingerprint density at radius 3 is 1.83 bits per heavy atom. The molecule has 5 atom stereocenters. The molecule has 244 valence electrons. The molecular formula is C36H35NO8S2. The molecule has 0 bridgehead atoms. The molecule has 1 fully saturated rings. The quantitative estimate of drug-likeness (QED) is 0.137. The summed E-state index contributed by atoms with van der Waals surface area (Å²) in [6.45, 7) is 1.63. The van der Waals surface area contributed by atoms with Crippen molar-refractivity contribution in [3.8, 4) is 0 Å². The van der Waals surface area contributed by atoms with Crippen molar-refractivity contribution in [2.75, 3.05) is 6.61 Å². The van der Waals surface area contributed by atoms with Crippen molar-refractivity contribution in [3.05, 3.63) is 132 Å². The van der Waals surface area contributed by atoms with E-state index < -0.39 is 45.7 Å². The van der Waals surface area contributed by atoms with E-state index in [1.807, 2.05) is 103 Å². The van der Waals surface area contributed by atoms with Gasteiger partial charge in [-0.05, 0) is 28.8 Å². The van der Waals surface area contributed by atoms with Crippen molar-refractivity contribution >= 4 is 37.4 Å². The average molecular weight is 674 g/mol. The average Bonchev–Trinajstić information content (AvgIpc) is 3.54. The lowest BCUT2D eigenvalue weighted by Crippen LogP contribution is -2.63. The number of fused-ring (bicyclic) bond motifs is 1. The number of carbonyl (C=O) groups is 1. The van der Waals surface area contributed by atoms with Crippen LogP contribution in [0.5, 0.6) is 0 Å². The lowest BCUT2D eigenvalue weighted by molar-refractivity contribution is -0.249. The molecule has 2 heterocycles. The van der Waals surface area contributed by atoms with Gasteiger partial charge in [-0.15, -0.1) is 11.3 Å². The maximum atomic E-state index is 14.5. The molecule has 1 aliphatic heterocycles. The summed E-state index contributed by atoms with van der Waals surface area (Å²) in [5.74, 6) is -0.575. The number of hydrogen-bond acceptors (Lipinski definition) is 10. The molecule has 1 aliphatic rings. The van der Waals surface area contributed by atoms with Gasteiger partial charge in [-0.1, -0.05) is 103 Å². The Labute approximate surface area is 278 Å². The lowest BCUT2D eigenvalue weighted by Gasteiger charge is -2.45. The molecule has 0 amide bonds. The number of para-hydroxylation sites is 1. The number of thiazole rings is 1. The van der Waals surface area contributed by atoms with Gasteiger partial charge in [-0.3, -0.25) is 4.79 Å². The first kappa shape index (κ1) is 33.0. The fourth-order valence-electron chi connectivity index (χ4n) is 5.43. The Morgan fingerprint density at radius 1 is 0.723 bits per heavy atom. The predicted octanol–water partition coefficient (Wildman–Crippen LogP) is 6.11. The van der Waals surface area contributed by atoms with Crippen LogP contribution in [0.15, 0.2) is 120 Å². The van der Waals surface area contributed by atoms with Crippen LogP contribution in [0.3, 0.4) is 0 Å². The van der Waals surface area contributed by atoms with Crippen molar-refractivity contribution < 1.29 is 36.9 Å². The molecule has 1 saturated heterocycles. The zero-order chi connectivity index (χ0) is 32.6. The number of benzene rings is 4. The van der Waals surface area contributed by atoms with Crippen LogP contribution in [0.2, 0.25) is 0 Å². The molecule has 1 unspecified atom stereocenters. The number of esters is 1. The molecule has 1 aromatic heterocycles. The van der Waals surface area contributed by atoms with Crippen LogP contribution >= 0.6 is 11.3 Å². The summed E-state index contributed by atoms with van der Waals surface area (Å²) in [5.41, 5.74) is 1.61. The second-order valence-electron chi connectivity index (χ2n) is 11.1. The van der Waals surface area contributed by atoms with Crippen LogP contribution in [0, 0.1) is 0 Å². The summed E-state index contributed by atoms with van der Waals surface area (Å²) in [6.07, 6.45) is -4.30. The van der Waals surface area contributed by atoms with Gasteiger partial charge in [0.1, 0.15) is 18.3 Å². The largest absolute Gasteiger partial charge is 0.457 e. The summed E-state index contributed by atoms with van der Waals surface area (Å²) in [5, 5.41) is 0. The highest BCUT2D eigenvalue weighted by Gasteiger charge is 2.55. The molecule has 6 rings (SSSR count). The summed E-state index contributed by atoms with van der Waals surface area (Å²) in [4.78, 5) is 17.0. The third-order valence-corrected chi connectivity index (χ3v) is 11.0. The van der Waals surface area contributed by atoms with Gasteiger partial charge in [-0.2, -0.15) is 0 Å². The molecule has 0 spiro atoms. The van der Waals surface area contributed by atoms with E-state index >= 15 is 0 Å². The number of nitrogens with zero attached hydrogens (tertiary/aromatic N) is 1. The Balaban J connectivity index is 1.38. The van der Waals surface area contributed by atoms with E-state index in [0.29, 0.717) is 5.52 Å². The van der Waals surface area contributed by atoms with Gasteiger partial charge in [0.05, 0.1) is 36.6 Å². The van der Waals surface area contributed by atoms with Crippen LogP contribution in [0.4, 0.5) is 0 Å². The number of rotatable bonds is 13. The van der Waals surface area contributed by atoms with Gasteiger partial charge in [-0.25, -0.2) is 13.4 Å². The highest BCUT2D eigenvalue weighted by atomic mass is 32.2. The van der Waals surface area contributed by atoms with Crippen LogP contribution in [0.1, 0.15) is 23.6 Å². The molecule has 0 N–H and O–H groups in total. The van der Waals surface area contributed by atoms with E-state index in [2.05, 4.69) is 4.98 Å². The maximum absolute atomic E-state index is 14.5. The van der Waals surface area contributed by atoms with Crippen LogP contribution < -0.4 is 0 Å². The first-order valence-electron chi connectivity index (χ1n) is 15.2. The summed E-state index contributed by atoms with van der Waals surface area (Å²) < 4.78 is 60.8. The molecule has 0 saturated carbocycles. The second kappa shape index (κ2) is 15.3. The Bertz CT molecular complexity index is 1820. The van der Waals surface area contributed by atoms with E-state index in [9.17, 15) is 13.2 Å². The van der Waals surface area contributed by atoms with Crippen LogP contribution in [-0.2, 0) is 58.1 Å². The lowest BCUT2D eigenvalue weighted by atomic mass is 9.99. The summed E-state index contributed by atoms with van der Waals surface area (Å²) in [6, 6.07) is 35.6. The van der Waals surface area contributed by atoms with Crippen molar-refractivity contribution in [2.24, 2.45) is 0 Å². The van der Waals surface area contributed by atoms with E-state index in [0.717, 1.165) is 32.7 Å². The third-order valence-electron chi connectivity index (χ3n) is 7.68. The van der Waals surface area contributed by atoms with E-state index in [4.69, 9.17) is 23.7 Å². The van der Waals surface area contributed by atoms with Gasteiger partial charge in [0.25, 0.3) is 0 Å². The summed E-state index contributed by atoms with van der Waals surface area (Å²) >= 11 is 1.06. The number of aromatic nitrogens is 1. The standard InChI is InChI=1S/C36H35NO8S2/c1-25(38)44-32-30(24-41-21-26-13-5-2-6-14-26)45-35(47(39,40)36-37-29-19-11-12-20-31(29)46-36)34(43-23-28-17-9-4-10-18-28)33(32)42-22-27-15-7-3-8-16-27/h2-20,30,32-35H,21-24H2,1H3/t30-,32+,33+,34-,35?/m1/s1. The smallest absolute Gasteiger partial charge is 0.303 e. The first-order chi connectivity index (χ1) is 22.9. The summed E-state index contributed by atoms with van der Waals surface area (Å²) in [7, 11) is -4.27. The Morgan fingerprint density at radius 2 is 1.26 bits per heavy atom. The fraction of sp³-hybridized carbons (Fsp3) is 0.278. The van der Waals surface area contributed by atoms with E-state index in [1.54, 1.807) is 12.1 Å². The molecule has 9 nitrogen and oxygen atoms in total. The molecule has 4 aromatic carbocycles. The highest BCUT2D eigenvalue weighted by molar-refractivity contribution is 7.94. The maximum Gasteiger partial charge on any atom is 0.303 e. The molecule has 11 heteroatoms. The van der Waals surface area contributed by atoms with Gasteiger partial charge in [0.15, 0.2) is 11.5 Å². The second-order valence-corrected chi connectivity index (χ2v) is 14.4.